The molecule has 4 rings (SSSR count). The Kier molecular flexibility index (Phi) is 5.97. The summed E-state index contributed by atoms with van der Waals surface area (Å²) >= 11 is 0. The van der Waals surface area contributed by atoms with Crippen LogP contribution >= 0.6 is 0 Å². The molecule has 7 nitrogen and oxygen atoms in total. The Morgan fingerprint density at radius 1 is 1.16 bits per heavy atom. The summed E-state index contributed by atoms with van der Waals surface area (Å²) in [4.78, 5) is 27.0. The minimum atomic E-state index is -0.382. The molecule has 0 fully saturated rings. The van der Waals surface area contributed by atoms with Gasteiger partial charge < -0.3 is 20.1 Å². The molecule has 8 heteroatoms. The van der Waals surface area contributed by atoms with Crippen LogP contribution in [0.25, 0.3) is 0 Å². The summed E-state index contributed by atoms with van der Waals surface area (Å²) in [6.45, 7) is 3.14. The lowest BCUT2D eigenvalue weighted by atomic mass is 9.99. The van der Waals surface area contributed by atoms with Gasteiger partial charge in [-0.3, -0.25) is 9.59 Å². The minimum Gasteiger partial charge on any atom is -0.371 e. The molecule has 2 N–H and O–H groups in total. The Morgan fingerprint density at radius 2 is 1.97 bits per heavy atom. The third-order valence-electron chi connectivity index (χ3n) is 5.21. The van der Waals surface area contributed by atoms with Crippen molar-refractivity contribution >= 4 is 29.0 Å². The first-order valence-electron chi connectivity index (χ1n) is 10.2. The zero-order valence-electron chi connectivity index (χ0n) is 17.2. The fourth-order valence-electron chi connectivity index (χ4n) is 3.71. The molecule has 160 valence electrons. The summed E-state index contributed by atoms with van der Waals surface area (Å²) in [6, 6.07) is 12.9. The third-order valence-corrected chi connectivity index (χ3v) is 5.21. The van der Waals surface area contributed by atoms with Crippen LogP contribution in [0, 0.1) is 12.7 Å². The van der Waals surface area contributed by atoms with Crippen LogP contribution in [0.3, 0.4) is 0 Å². The van der Waals surface area contributed by atoms with Crippen molar-refractivity contribution in [3.05, 3.63) is 71.2 Å². The van der Waals surface area contributed by atoms with E-state index in [0.29, 0.717) is 30.1 Å². The Labute approximate surface area is 179 Å². The average molecular weight is 422 g/mol. The first kappa shape index (κ1) is 20.6. The second-order valence-corrected chi connectivity index (χ2v) is 7.48. The number of halogens is 1. The molecule has 0 atom stereocenters. The molecular weight excluding hydrogens is 399 g/mol. The van der Waals surface area contributed by atoms with E-state index in [9.17, 15) is 14.0 Å². The normalized spacial score (nSPS) is 12.9. The van der Waals surface area contributed by atoms with Crippen molar-refractivity contribution in [2.45, 2.75) is 26.2 Å². The zero-order chi connectivity index (χ0) is 21.8. The SMILES string of the molecule is Cc1cc(NC(=O)CCN2CCCc3c(NC(=O)c4ccc(F)cc4)cccc32)no1. The highest BCUT2D eigenvalue weighted by Gasteiger charge is 2.21. The van der Waals surface area contributed by atoms with Crippen LogP contribution in [0.2, 0.25) is 0 Å². The van der Waals surface area contributed by atoms with Crippen LogP contribution in [0.1, 0.15) is 34.5 Å². The highest BCUT2D eigenvalue weighted by Crippen LogP contribution is 2.33. The van der Waals surface area contributed by atoms with Crippen molar-refractivity contribution in [3.8, 4) is 0 Å². The number of fused-ring (bicyclic) bond motifs is 1. The summed E-state index contributed by atoms with van der Waals surface area (Å²) in [5.41, 5.74) is 3.18. The maximum atomic E-state index is 13.1. The molecule has 2 heterocycles. The number of carbonyl (C=O) groups excluding carboxylic acids is 2. The molecule has 0 saturated heterocycles. The molecule has 3 aromatic rings. The monoisotopic (exact) mass is 422 g/mol. The van der Waals surface area contributed by atoms with Crippen molar-refractivity contribution in [1.29, 1.82) is 0 Å². The largest absolute Gasteiger partial charge is 0.371 e. The predicted octanol–water partition coefficient (Wildman–Crippen LogP) is 4.16. The summed E-state index contributed by atoms with van der Waals surface area (Å²) < 4.78 is 18.1. The fraction of sp³-hybridized carbons (Fsp3) is 0.261. The van der Waals surface area contributed by atoms with Gasteiger partial charge in [-0.2, -0.15) is 0 Å². The quantitative estimate of drug-likeness (QED) is 0.623. The van der Waals surface area contributed by atoms with E-state index in [1.165, 1.54) is 24.3 Å². The lowest BCUT2D eigenvalue weighted by Gasteiger charge is -2.32. The minimum absolute atomic E-state index is 0.138. The molecule has 0 spiro atoms. The van der Waals surface area contributed by atoms with Crippen LogP contribution in [0.15, 0.2) is 53.1 Å². The number of aryl methyl sites for hydroxylation is 1. The van der Waals surface area contributed by atoms with E-state index in [0.717, 1.165) is 36.3 Å². The van der Waals surface area contributed by atoms with Gasteiger partial charge in [0.15, 0.2) is 5.82 Å². The first-order chi connectivity index (χ1) is 15.0. The summed E-state index contributed by atoms with van der Waals surface area (Å²) in [5, 5.41) is 9.45. The number of nitrogens with one attached hydrogen (secondary N) is 2. The number of nitrogens with zero attached hydrogens (tertiary/aromatic N) is 2. The van der Waals surface area contributed by atoms with E-state index in [4.69, 9.17) is 4.52 Å². The van der Waals surface area contributed by atoms with Crippen LogP contribution in [0.5, 0.6) is 0 Å². The van der Waals surface area contributed by atoms with E-state index >= 15 is 0 Å². The van der Waals surface area contributed by atoms with Gasteiger partial charge in [0.2, 0.25) is 5.91 Å². The zero-order valence-corrected chi connectivity index (χ0v) is 17.2. The van der Waals surface area contributed by atoms with Crippen LogP contribution < -0.4 is 15.5 Å². The molecule has 1 aliphatic rings. The molecular formula is C23H23FN4O3. The topological polar surface area (TPSA) is 87.5 Å². The molecule has 0 saturated carbocycles. The Morgan fingerprint density at radius 3 is 2.71 bits per heavy atom. The van der Waals surface area contributed by atoms with Gasteiger partial charge in [-0.1, -0.05) is 11.2 Å². The van der Waals surface area contributed by atoms with E-state index in [-0.39, 0.29) is 17.6 Å². The number of aromatic nitrogens is 1. The summed E-state index contributed by atoms with van der Waals surface area (Å²) in [7, 11) is 0. The number of rotatable bonds is 6. The molecule has 31 heavy (non-hydrogen) atoms. The standard InChI is InChI=1S/C23H23FN4O3/c1-15-14-21(27-31-15)26-22(29)11-13-28-12-3-4-18-19(5-2-6-20(18)28)25-23(30)16-7-9-17(24)10-8-16/h2,5-10,14H,3-4,11-13H2,1H3,(H,25,30)(H,26,27,29). The second kappa shape index (κ2) is 8.99. The third kappa shape index (κ3) is 4.91. The van der Waals surface area contributed by atoms with Gasteiger partial charge >= 0.3 is 0 Å². The van der Waals surface area contributed by atoms with Crippen molar-refractivity contribution in [3.63, 3.8) is 0 Å². The summed E-state index contributed by atoms with van der Waals surface area (Å²) in [5.74, 6) is 0.240. The number of carbonyl (C=O) groups is 2. The van der Waals surface area contributed by atoms with Crippen molar-refractivity contribution in [2.75, 3.05) is 28.6 Å². The van der Waals surface area contributed by atoms with Gasteiger partial charge in [0, 0.05) is 42.5 Å². The molecule has 0 bridgehead atoms. The van der Waals surface area contributed by atoms with Gasteiger partial charge in [0.1, 0.15) is 11.6 Å². The van der Waals surface area contributed by atoms with Crippen molar-refractivity contribution in [2.24, 2.45) is 0 Å². The number of hydrogen-bond donors (Lipinski definition) is 2. The van der Waals surface area contributed by atoms with Crippen LogP contribution in [-0.2, 0) is 11.2 Å². The average Bonchev–Trinajstić information content (AvgIpc) is 3.17. The van der Waals surface area contributed by atoms with Gasteiger partial charge in [-0.05, 0) is 61.7 Å². The lowest BCUT2D eigenvalue weighted by Crippen LogP contribution is -2.33. The Hall–Kier alpha value is -3.68. The highest BCUT2D eigenvalue weighted by atomic mass is 19.1. The number of amides is 2. The predicted molar refractivity (Wildman–Crippen MR) is 116 cm³/mol. The first-order valence-corrected chi connectivity index (χ1v) is 10.2. The Balaban J connectivity index is 1.43. The van der Waals surface area contributed by atoms with E-state index < -0.39 is 0 Å². The molecule has 2 aromatic carbocycles. The maximum Gasteiger partial charge on any atom is 0.255 e. The molecule has 2 amide bonds. The molecule has 0 radical (unpaired) electrons. The van der Waals surface area contributed by atoms with E-state index in [2.05, 4.69) is 20.7 Å². The number of benzene rings is 2. The van der Waals surface area contributed by atoms with Crippen LogP contribution in [-0.4, -0.2) is 30.1 Å². The van der Waals surface area contributed by atoms with Gasteiger partial charge in [-0.25, -0.2) is 4.39 Å². The smallest absolute Gasteiger partial charge is 0.255 e. The molecule has 1 aromatic heterocycles. The molecule has 0 unspecified atom stereocenters. The lowest BCUT2D eigenvalue weighted by molar-refractivity contribution is -0.116. The molecule has 0 aliphatic carbocycles. The molecule has 1 aliphatic heterocycles. The van der Waals surface area contributed by atoms with Crippen LogP contribution in [0.4, 0.5) is 21.6 Å². The van der Waals surface area contributed by atoms with Gasteiger partial charge in [0.25, 0.3) is 5.91 Å². The van der Waals surface area contributed by atoms with Gasteiger partial charge in [-0.15, -0.1) is 0 Å². The second-order valence-electron chi connectivity index (χ2n) is 7.48. The number of hydrogen-bond acceptors (Lipinski definition) is 5. The van der Waals surface area contributed by atoms with E-state index in [1.807, 2.05) is 18.2 Å². The fourth-order valence-corrected chi connectivity index (χ4v) is 3.71. The van der Waals surface area contributed by atoms with Crippen molar-refractivity contribution in [1.82, 2.24) is 5.16 Å². The van der Waals surface area contributed by atoms with Gasteiger partial charge in [0.05, 0.1) is 0 Å². The van der Waals surface area contributed by atoms with Crippen molar-refractivity contribution < 1.29 is 18.5 Å². The highest BCUT2D eigenvalue weighted by molar-refractivity contribution is 6.05. The summed E-state index contributed by atoms with van der Waals surface area (Å²) in [6.07, 6.45) is 2.05. The maximum absolute atomic E-state index is 13.1. The Bertz CT molecular complexity index is 1090. The number of anilines is 3. The van der Waals surface area contributed by atoms with E-state index in [1.54, 1.807) is 13.0 Å².